The van der Waals surface area contributed by atoms with E-state index in [2.05, 4.69) is 20.2 Å². The van der Waals surface area contributed by atoms with Gasteiger partial charge in [0.15, 0.2) is 5.03 Å². The van der Waals surface area contributed by atoms with E-state index in [4.69, 9.17) is 4.98 Å². The first kappa shape index (κ1) is 22.0. The van der Waals surface area contributed by atoms with Crippen LogP contribution in [0.25, 0.3) is 0 Å². The molecule has 9 nitrogen and oxygen atoms in total. The summed E-state index contributed by atoms with van der Waals surface area (Å²) in [6, 6.07) is 2.59. The third-order valence-corrected chi connectivity index (χ3v) is 7.90. The highest BCUT2D eigenvalue weighted by molar-refractivity contribution is 7.89. The van der Waals surface area contributed by atoms with Crippen molar-refractivity contribution in [1.82, 2.24) is 23.8 Å². The van der Waals surface area contributed by atoms with E-state index < -0.39 is 10.0 Å². The van der Waals surface area contributed by atoms with E-state index in [0.717, 1.165) is 24.4 Å². The van der Waals surface area contributed by atoms with Crippen LogP contribution >= 0.6 is 0 Å². The molecule has 170 valence electrons. The molecule has 1 saturated heterocycles. The Labute approximate surface area is 184 Å². The van der Waals surface area contributed by atoms with E-state index in [-0.39, 0.29) is 11.1 Å². The smallest absolute Gasteiger partial charge is 0.262 e. The zero-order valence-corrected chi connectivity index (χ0v) is 19.5. The zero-order valence-electron chi connectivity index (χ0n) is 18.7. The second-order valence-electron chi connectivity index (χ2n) is 8.81. The quantitative estimate of drug-likeness (QED) is 0.727. The Bertz CT molecular complexity index is 991. The number of piperazine rings is 1. The van der Waals surface area contributed by atoms with Crippen molar-refractivity contribution < 1.29 is 8.42 Å². The Hall–Kier alpha value is -2.20. The monoisotopic (exact) mass is 447 g/mol. The fourth-order valence-electron chi connectivity index (χ4n) is 4.23. The molecule has 0 atom stereocenters. The second-order valence-corrected chi connectivity index (χ2v) is 10.7. The molecule has 0 bridgehead atoms. The summed E-state index contributed by atoms with van der Waals surface area (Å²) in [6.45, 7) is 7.96. The number of anilines is 2. The molecular formula is C21H33N7O2S. The van der Waals surface area contributed by atoms with E-state index in [9.17, 15) is 8.42 Å². The molecule has 1 saturated carbocycles. The molecule has 2 aromatic heterocycles. The highest BCUT2D eigenvalue weighted by Crippen LogP contribution is 2.24. The minimum absolute atomic E-state index is 0.117. The van der Waals surface area contributed by atoms with Crippen LogP contribution < -0.4 is 10.2 Å². The van der Waals surface area contributed by atoms with Crippen molar-refractivity contribution >= 4 is 21.8 Å². The van der Waals surface area contributed by atoms with Crippen LogP contribution in [0.5, 0.6) is 0 Å². The number of aryl methyl sites for hydroxylation is 1. The molecule has 1 aliphatic heterocycles. The lowest BCUT2D eigenvalue weighted by atomic mass is 9.96. The third-order valence-electron chi connectivity index (χ3n) is 6.12. The van der Waals surface area contributed by atoms with Crippen molar-refractivity contribution in [3.05, 3.63) is 24.3 Å². The molecule has 0 amide bonds. The first-order valence-corrected chi connectivity index (χ1v) is 12.7. The predicted octanol–water partition coefficient (Wildman–Crippen LogP) is 2.82. The van der Waals surface area contributed by atoms with Gasteiger partial charge in [-0.05, 0) is 33.6 Å². The van der Waals surface area contributed by atoms with E-state index in [1.165, 1.54) is 23.6 Å². The lowest BCUT2D eigenvalue weighted by Crippen LogP contribution is -2.49. The Kier molecular flexibility index (Phi) is 6.47. The molecule has 0 unspecified atom stereocenters. The van der Waals surface area contributed by atoms with E-state index in [0.29, 0.717) is 38.2 Å². The Morgan fingerprint density at radius 3 is 2.42 bits per heavy atom. The normalized spacial score (nSPS) is 19.2. The summed E-state index contributed by atoms with van der Waals surface area (Å²) in [5, 5.41) is 3.62. The van der Waals surface area contributed by atoms with Gasteiger partial charge in [-0.3, -0.25) is 0 Å². The lowest BCUT2D eigenvalue weighted by molar-refractivity contribution is 0.382. The van der Waals surface area contributed by atoms with Gasteiger partial charge in [-0.15, -0.1) is 0 Å². The summed E-state index contributed by atoms with van der Waals surface area (Å²) in [5.41, 5.74) is 0.914. The number of aromatic nitrogens is 4. The number of nitrogens with zero attached hydrogens (tertiary/aromatic N) is 6. The lowest BCUT2D eigenvalue weighted by Gasteiger charge is -2.34. The molecule has 1 aliphatic carbocycles. The van der Waals surface area contributed by atoms with E-state index in [1.54, 1.807) is 12.5 Å². The van der Waals surface area contributed by atoms with Crippen molar-refractivity contribution in [1.29, 1.82) is 0 Å². The van der Waals surface area contributed by atoms with Crippen molar-refractivity contribution in [2.75, 3.05) is 36.4 Å². The summed E-state index contributed by atoms with van der Waals surface area (Å²) in [7, 11) is -3.59. The van der Waals surface area contributed by atoms with Gasteiger partial charge in [0.1, 0.15) is 5.82 Å². The summed E-state index contributed by atoms with van der Waals surface area (Å²) in [4.78, 5) is 15.6. The van der Waals surface area contributed by atoms with Crippen LogP contribution in [0.15, 0.2) is 23.6 Å². The summed E-state index contributed by atoms with van der Waals surface area (Å²) in [5.74, 6) is 1.53. The molecule has 2 fully saturated rings. The molecule has 4 rings (SSSR count). The second kappa shape index (κ2) is 9.12. The van der Waals surface area contributed by atoms with Crippen LogP contribution in [-0.2, 0) is 10.0 Å². The van der Waals surface area contributed by atoms with Crippen LogP contribution in [0.1, 0.15) is 57.7 Å². The van der Waals surface area contributed by atoms with Crippen molar-refractivity contribution in [2.24, 2.45) is 0 Å². The van der Waals surface area contributed by atoms with E-state index in [1.807, 2.05) is 31.4 Å². The number of hydrogen-bond acceptors (Lipinski definition) is 7. The van der Waals surface area contributed by atoms with Gasteiger partial charge >= 0.3 is 0 Å². The van der Waals surface area contributed by atoms with Crippen LogP contribution in [0, 0.1) is 6.92 Å². The minimum Gasteiger partial charge on any atom is -0.354 e. The summed E-state index contributed by atoms with van der Waals surface area (Å²) < 4.78 is 29.3. The van der Waals surface area contributed by atoms with Gasteiger partial charge in [0, 0.05) is 56.2 Å². The largest absolute Gasteiger partial charge is 0.354 e. The minimum atomic E-state index is -3.59. The average molecular weight is 448 g/mol. The van der Waals surface area contributed by atoms with E-state index >= 15 is 0 Å². The number of imidazole rings is 1. The van der Waals surface area contributed by atoms with Gasteiger partial charge < -0.3 is 14.8 Å². The van der Waals surface area contributed by atoms with Gasteiger partial charge in [0.25, 0.3) is 10.0 Å². The van der Waals surface area contributed by atoms with Crippen LogP contribution in [0.2, 0.25) is 0 Å². The Morgan fingerprint density at radius 1 is 1.06 bits per heavy atom. The molecule has 10 heteroatoms. The fourth-order valence-corrected chi connectivity index (χ4v) is 5.58. The van der Waals surface area contributed by atoms with Crippen molar-refractivity contribution in [3.63, 3.8) is 0 Å². The van der Waals surface area contributed by atoms with Crippen molar-refractivity contribution in [3.8, 4) is 0 Å². The summed E-state index contributed by atoms with van der Waals surface area (Å²) in [6.07, 6.45) is 9.33. The molecular weight excluding hydrogens is 414 g/mol. The van der Waals surface area contributed by atoms with Gasteiger partial charge in [-0.25, -0.2) is 18.4 Å². The molecule has 0 aromatic carbocycles. The molecule has 2 aliphatic rings. The van der Waals surface area contributed by atoms with Gasteiger partial charge in [-0.2, -0.15) is 9.29 Å². The number of sulfonamides is 1. The maximum absolute atomic E-state index is 13.0. The molecule has 0 radical (unpaired) electrons. The molecule has 3 heterocycles. The van der Waals surface area contributed by atoms with Crippen LogP contribution in [-0.4, -0.2) is 64.5 Å². The highest BCUT2D eigenvalue weighted by atomic mass is 32.2. The SMILES string of the molecule is Cc1cc(N2CCN(S(=O)(=O)c3cn(C(C)C)cn3)CC2)nc(NC2CCCCC2)n1. The zero-order chi connectivity index (χ0) is 22.0. The maximum Gasteiger partial charge on any atom is 0.262 e. The first-order valence-electron chi connectivity index (χ1n) is 11.2. The average Bonchev–Trinajstić information content (AvgIpc) is 3.26. The number of rotatable bonds is 6. The topological polar surface area (TPSA) is 96.3 Å². The number of nitrogens with one attached hydrogen (secondary N) is 1. The Balaban J connectivity index is 1.42. The summed E-state index contributed by atoms with van der Waals surface area (Å²) >= 11 is 0. The predicted molar refractivity (Wildman–Crippen MR) is 121 cm³/mol. The van der Waals surface area contributed by atoms with Gasteiger partial charge in [0.05, 0.1) is 6.33 Å². The highest BCUT2D eigenvalue weighted by Gasteiger charge is 2.31. The standard InChI is InChI=1S/C21H33N7O2S/c1-16(2)27-14-20(22-15-27)31(29,30)28-11-9-26(10-12-28)19-13-17(3)23-21(25-19)24-18-7-5-4-6-8-18/h13-16,18H,4-12H2,1-3H3,(H,23,24,25). The molecule has 0 spiro atoms. The molecule has 2 aromatic rings. The van der Waals surface area contributed by atoms with Gasteiger partial charge in [-0.1, -0.05) is 19.3 Å². The van der Waals surface area contributed by atoms with Crippen molar-refractivity contribution in [2.45, 2.75) is 70.0 Å². The van der Waals surface area contributed by atoms with Gasteiger partial charge in [0.2, 0.25) is 5.95 Å². The Morgan fingerprint density at radius 2 is 1.77 bits per heavy atom. The first-order chi connectivity index (χ1) is 14.8. The van der Waals surface area contributed by atoms with Crippen LogP contribution in [0.4, 0.5) is 11.8 Å². The fraction of sp³-hybridized carbons (Fsp3) is 0.667. The van der Waals surface area contributed by atoms with Crippen LogP contribution in [0.3, 0.4) is 0 Å². The molecule has 1 N–H and O–H groups in total. The number of hydrogen-bond donors (Lipinski definition) is 1. The third kappa shape index (κ3) is 5.01. The molecule has 31 heavy (non-hydrogen) atoms. The maximum atomic E-state index is 13.0.